The number of hydrogen-bond acceptors (Lipinski definition) is 21. The number of halogens is 9. The van der Waals surface area contributed by atoms with E-state index < -0.39 is 35.2 Å². The van der Waals surface area contributed by atoms with Gasteiger partial charge in [-0.15, -0.1) is 0 Å². The van der Waals surface area contributed by atoms with Crippen LogP contribution in [0.4, 0.5) is 66.6 Å². The predicted octanol–water partition coefficient (Wildman–Crippen LogP) is 15.8. The molecule has 11 aliphatic rings. The third-order valence-corrected chi connectivity index (χ3v) is 26.0. The summed E-state index contributed by atoms with van der Waals surface area (Å²) in [6.45, 7) is 16.5. The second kappa shape index (κ2) is 35.0. The van der Waals surface area contributed by atoms with Crippen molar-refractivity contribution in [2.24, 2.45) is 17.8 Å². The van der Waals surface area contributed by atoms with Crippen molar-refractivity contribution in [3.05, 3.63) is 230 Å². The number of piperazine rings is 3. The van der Waals surface area contributed by atoms with E-state index in [1.54, 1.807) is 61.1 Å². The molecule has 4 amide bonds. The largest absolute Gasteiger partial charge is 0.489 e. The van der Waals surface area contributed by atoms with Crippen LogP contribution in [0.25, 0.3) is 0 Å². The lowest BCUT2D eigenvalue weighted by Gasteiger charge is -2.34. The molecule has 3 saturated carbocycles. The molecule has 0 bridgehead atoms. The molecule has 127 heavy (non-hydrogen) atoms. The molecule has 20 rings (SSSR count). The Morgan fingerprint density at radius 3 is 1.09 bits per heavy atom. The van der Waals surface area contributed by atoms with E-state index in [-0.39, 0.29) is 169 Å². The van der Waals surface area contributed by atoms with E-state index in [1.807, 2.05) is 58.1 Å². The molecule has 9 aromatic rings. The van der Waals surface area contributed by atoms with Gasteiger partial charge in [-0.2, -0.15) is 39.5 Å². The molecule has 11 heterocycles. The number of urea groups is 2. The maximum absolute atomic E-state index is 14.1. The van der Waals surface area contributed by atoms with Crippen molar-refractivity contribution in [3.8, 4) is 51.7 Å². The summed E-state index contributed by atoms with van der Waals surface area (Å²) in [5.41, 5.74) is 8.54. The quantitative estimate of drug-likeness (QED) is 0.0294. The number of ketones is 3. The maximum Gasteiger partial charge on any atom is 0.416 e. The minimum Gasteiger partial charge on any atom is -0.489 e. The third-order valence-electron chi connectivity index (χ3n) is 26.0. The second-order valence-electron chi connectivity index (χ2n) is 34.0. The number of ether oxygens (including phenoxy) is 6. The highest BCUT2D eigenvalue weighted by Crippen LogP contribution is 2.63. The molecule has 6 N–H and O–H groups in total. The number of alkyl halides is 9. The smallest absolute Gasteiger partial charge is 0.416 e. The van der Waals surface area contributed by atoms with Crippen LogP contribution in [-0.4, -0.2) is 191 Å². The van der Waals surface area contributed by atoms with Gasteiger partial charge in [-0.05, 0) is 128 Å². The zero-order chi connectivity index (χ0) is 88.5. The summed E-state index contributed by atoms with van der Waals surface area (Å²) >= 11 is 0. The van der Waals surface area contributed by atoms with E-state index >= 15 is 0 Å². The van der Waals surface area contributed by atoms with E-state index in [0.717, 1.165) is 117 Å². The van der Waals surface area contributed by atoms with Gasteiger partial charge in [-0.1, -0.05) is 50.2 Å². The lowest BCUT2D eigenvalue weighted by molar-refractivity contribution is -0.139. The highest BCUT2D eigenvalue weighted by atomic mass is 19.4. The minimum atomic E-state index is -4.55. The highest BCUT2D eigenvalue weighted by Gasteiger charge is 2.62. The number of Topliss-reactive ketones (excluding diaryl/α,β-unsaturated/α-hetero) is 3. The number of nitrogens with two attached hydrogens (primary N) is 1. The topological polar surface area (TPSA) is 273 Å². The third kappa shape index (κ3) is 18.8. The Labute approximate surface area is 725 Å². The van der Waals surface area contributed by atoms with Crippen molar-refractivity contribution in [1.82, 2.24) is 55.0 Å². The molecule has 3 aliphatic carbocycles. The van der Waals surface area contributed by atoms with Gasteiger partial charge >= 0.3 is 30.6 Å². The molecule has 0 radical (unpaired) electrons. The number of aromatic nitrogens is 3. The van der Waals surface area contributed by atoms with Gasteiger partial charge < -0.3 is 59.5 Å². The molecular weight excluding hydrogens is 1660 g/mol. The standard InChI is InChI=1S/C32H32F3N5O4.C31H30F3N5O4.C30H31F3N4O3/c1-2-39-9-11-40(12-10-39)17-19-4-3-18(13-24(19)32(33,34)35)25(41)15-22-28-21-14-20(5-6-26(21)44-29(22)28)43-27-7-8-36-30-23(27)16-37-31(42)38-30;1-38-8-10-39(11-9-38)16-18-3-2-17(12-23(18)31(32,33)34)24(40)14-21-27-20-13-19(4-5-25(20)43-28(21)27)42-26-6-7-35-29-22(26)15-36-30(41)37-29;1-2-36-9-11-37(12-10-36)17-19-4-3-18(13-24(19)30(31,32)33)25(38)16-23-28-22-14-20(5-6-26(22)40-29(23)28)39-21-7-8-35-27(34)15-21/h3-8,13-14,22,28-29H,2,9-12,15-17H2,1H3,(H2,36,37,38,42);2-7,12-13,21,27-28H,8-11,14-16H2,1H3,(H2,35,36,37,41);3-8,13-15,23,28-29H,2,9-12,16-17H2,1H3,(H2,34,35)/t22-,28-,29+;21-,27-,28+;23-,28-,29+/m000/s1. The first-order valence-corrected chi connectivity index (χ1v) is 42.7. The van der Waals surface area contributed by atoms with E-state index in [2.05, 4.69) is 64.8 Å². The van der Waals surface area contributed by atoms with Gasteiger partial charge in [0.05, 0.1) is 40.9 Å². The van der Waals surface area contributed by atoms with Crippen LogP contribution in [0.3, 0.4) is 0 Å². The number of nitrogen functional groups attached to an aromatic ring is 1. The summed E-state index contributed by atoms with van der Waals surface area (Å²) in [6.07, 6.45) is -9.21. The summed E-state index contributed by atoms with van der Waals surface area (Å²) in [4.78, 5) is 88.0. The van der Waals surface area contributed by atoms with Crippen LogP contribution in [0.1, 0.15) is 143 Å². The normalized spacial score (nSPS) is 22.6. The van der Waals surface area contributed by atoms with Crippen LogP contribution in [0, 0.1) is 17.8 Å². The number of rotatable bonds is 23. The van der Waals surface area contributed by atoms with Crippen LogP contribution in [0.5, 0.6) is 51.7 Å². The fourth-order valence-electron chi connectivity index (χ4n) is 18.7. The number of nitrogens with zero attached hydrogens (tertiary/aromatic N) is 9. The highest BCUT2D eigenvalue weighted by molar-refractivity contribution is 5.99. The number of carbonyl (C=O) groups is 5. The summed E-state index contributed by atoms with van der Waals surface area (Å²) in [6, 6.07) is 34.6. The SMILES string of the molecule is CCN1CCN(Cc2ccc(C(=O)C[C@@H]3[C@H]4Oc5ccc(Oc6ccnc(N)c6)cc5[C@@H]34)cc2C(F)(F)F)CC1.CCN1CCN(Cc2ccc(C(=O)C[C@@H]3[C@H]4Oc5ccc(Oc6ccnc7c6CNC(=O)N7)cc5[C@@H]34)cc2C(F)(F)F)CC1.CN1CCN(Cc2ccc(C(=O)C[C@@H]3[C@H]4Oc5ccc(Oc6ccnc7c6CNC(=O)N7)cc5[C@@H]34)cc2C(F)(F)F)CC1. The molecule has 34 heteroatoms. The minimum absolute atomic E-state index is 0.00755. The molecule has 25 nitrogen and oxygen atoms in total. The van der Waals surface area contributed by atoms with Crippen molar-refractivity contribution in [1.29, 1.82) is 0 Å². The number of pyridine rings is 3. The van der Waals surface area contributed by atoms with Crippen LogP contribution < -0.4 is 55.4 Å². The fourth-order valence-corrected chi connectivity index (χ4v) is 18.7. The zero-order valence-electron chi connectivity index (χ0n) is 69.7. The van der Waals surface area contributed by atoms with Gasteiger partial charge in [0.25, 0.3) is 0 Å². The molecular formula is C93H93F9N14O11. The average Bonchev–Trinajstić information content (AvgIpc) is 1.56. The van der Waals surface area contributed by atoms with Crippen molar-refractivity contribution < 1.29 is 91.9 Å². The average molecular weight is 1750 g/mol. The number of likely N-dealkylation sites (N-methyl/N-ethyl adjacent to an activating group) is 3. The molecule has 3 aromatic heterocycles. The molecule has 6 aromatic carbocycles. The Bertz CT molecular complexity index is 5740. The van der Waals surface area contributed by atoms with Gasteiger partial charge in [0.1, 0.15) is 87.5 Å². The van der Waals surface area contributed by atoms with Gasteiger partial charge in [0.2, 0.25) is 0 Å². The van der Waals surface area contributed by atoms with Gasteiger partial charge in [0, 0.05) is 211 Å². The zero-order valence-corrected chi connectivity index (χ0v) is 69.7. The van der Waals surface area contributed by atoms with Crippen LogP contribution in [-0.2, 0) is 51.3 Å². The molecule has 9 atom stereocenters. The maximum atomic E-state index is 14.1. The second-order valence-corrected chi connectivity index (χ2v) is 34.0. The summed E-state index contributed by atoms with van der Waals surface area (Å²) in [5.74, 6) is 5.42. The van der Waals surface area contributed by atoms with E-state index in [4.69, 9.17) is 34.2 Å². The van der Waals surface area contributed by atoms with E-state index in [9.17, 15) is 63.5 Å². The number of benzene rings is 6. The number of hydrogen-bond donors (Lipinski definition) is 5. The first-order chi connectivity index (χ1) is 61.0. The van der Waals surface area contributed by atoms with Crippen molar-refractivity contribution in [3.63, 3.8) is 0 Å². The predicted molar refractivity (Wildman–Crippen MR) is 449 cm³/mol. The lowest BCUT2D eigenvalue weighted by atomic mass is 9.97. The number of fused-ring (bicyclic) bond motifs is 11. The number of carbonyl (C=O) groups excluding carboxylic acids is 5. The van der Waals surface area contributed by atoms with Gasteiger partial charge in [-0.25, -0.2) is 24.5 Å². The Morgan fingerprint density at radius 1 is 0.417 bits per heavy atom. The fraction of sp³-hybridized carbons (Fsp3) is 0.398. The van der Waals surface area contributed by atoms with Gasteiger partial charge in [-0.3, -0.25) is 39.7 Å². The van der Waals surface area contributed by atoms with Crippen LogP contribution >= 0.6 is 0 Å². The number of anilines is 3. The summed E-state index contributed by atoms with van der Waals surface area (Å²) < 4.78 is 163. The summed E-state index contributed by atoms with van der Waals surface area (Å²) in [7, 11) is 2.00. The first kappa shape index (κ1) is 85.8. The number of amides is 4. The lowest BCUT2D eigenvalue weighted by Crippen LogP contribution is -2.45. The summed E-state index contributed by atoms with van der Waals surface area (Å²) in [5, 5.41) is 10.7. The molecule has 0 unspecified atom stereocenters. The molecule has 6 fully saturated rings. The van der Waals surface area contributed by atoms with Crippen LogP contribution in [0.2, 0.25) is 0 Å². The monoisotopic (exact) mass is 1750 g/mol. The Morgan fingerprint density at radius 2 is 0.748 bits per heavy atom. The molecule has 3 saturated heterocycles. The van der Waals surface area contributed by atoms with E-state index in [1.165, 1.54) is 36.4 Å². The van der Waals surface area contributed by atoms with Crippen molar-refractivity contribution >= 4 is 46.9 Å². The first-order valence-electron chi connectivity index (χ1n) is 42.7. The molecule has 8 aliphatic heterocycles. The Hall–Kier alpha value is -12.0. The Balaban J connectivity index is 0.000000129. The van der Waals surface area contributed by atoms with Crippen molar-refractivity contribution in [2.45, 2.75) is 120 Å². The molecule has 664 valence electrons. The molecule has 0 spiro atoms. The number of nitrogens with one attached hydrogen (secondary N) is 4. The van der Waals surface area contributed by atoms with Crippen molar-refractivity contribution in [2.75, 3.05) is 115 Å². The van der Waals surface area contributed by atoms with E-state index in [0.29, 0.717) is 89.6 Å². The Kier molecular flexibility index (Phi) is 23.7. The van der Waals surface area contributed by atoms with Gasteiger partial charge in [0.15, 0.2) is 17.3 Å². The van der Waals surface area contributed by atoms with Crippen LogP contribution in [0.15, 0.2) is 152 Å².